The monoisotopic (exact) mass is 362 g/mol. The summed E-state index contributed by atoms with van der Waals surface area (Å²) in [6.45, 7) is 0.391. The smallest absolute Gasteiger partial charge is 0.251 e. The summed E-state index contributed by atoms with van der Waals surface area (Å²) >= 11 is 0. The number of aromatic nitrogens is 1. The Balaban J connectivity index is 1.69. The summed E-state index contributed by atoms with van der Waals surface area (Å²) in [5.41, 5.74) is 2.56. The number of ether oxygens (including phenoxy) is 1. The van der Waals surface area contributed by atoms with E-state index in [1.54, 1.807) is 68.0 Å². The maximum absolute atomic E-state index is 12.3. The number of pyridine rings is 1. The van der Waals surface area contributed by atoms with Gasteiger partial charge in [0.25, 0.3) is 5.91 Å². The summed E-state index contributed by atoms with van der Waals surface area (Å²) in [6, 6.07) is 17.3. The fourth-order valence-corrected chi connectivity index (χ4v) is 2.51. The Bertz CT molecular complexity index is 897. The molecule has 0 aliphatic heterocycles. The van der Waals surface area contributed by atoms with Gasteiger partial charge in [-0.05, 0) is 60.2 Å². The molecule has 27 heavy (non-hydrogen) atoms. The maximum Gasteiger partial charge on any atom is 0.251 e. The van der Waals surface area contributed by atoms with Gasteiger partial charge in [-0.2, -0.15) is 5.01 Å². The highest BCUT2D eigenvalue weighted by Gasteiger charge is 2.12. The minimum Gasteiger partial charge on any atom is -0.497 e. The molecule has 0 radical (unpaired) electrons. The average Bonchev–Trinajstić information content (AvgIpc) is 2.74. The van der Waals surface area contributed by atoms with E-state index in [1.807, 2.05) is 12.1 Å². The fourth-order valence-electron chi connectivity index (χ4n) is 2.51. The first-order valence-electron chi connectivity index (χ1n) is 8.26. The van der Waals surface area contributed by atoms with Crippen LogP contribution in [0.1, 0.15) is 15.9 Å². The van der Waals surface area contributed by atoms with Crippen LogP contribution in [0.4, 0.5) is 11.4 Å². The molecule has 0 fully saturated rings. The SMILES string of the molecule is COc1ccc(N(N=O)c2ccc(C(=O)NCc3cccnc3)cc2)cc1. The van der Waals surface area contributed by atoms with Gasteiger partial charge in [0.2, 0.25) is 0 Å². The standard InChI is InChI=1S/C20H18N4O3/c1-27-19-10-8-18(9-11-19)24(23-26)17-6-4-16(5-7-17)20(25)22-14-15-3-2-12-21-13-15/h2-13H,14H2,1H3,(H,22,25). The Morgan fingerprint density at radius 3 is 2.30 bits per heavy atom. The van der Waals surface area contributed by atoms with Gasteiger partial charge >= 0.3 is 0 Å². The van der Waals surface area contributed by atoms with Crippen molar-refractivity contribution in [2.24, 2.45) is 5.29 Å². The van der Waals surface area contributed by atoms with Gasteiger partial charge in [-0.1, -0.05) is 6.07 Å². The lowest BCUT2D eigenvalue weighted by Crippen LogP contribution is -2.22. The molecule has 7 heteroatoms. The van der Waals surface area contributed by atoms with Crippen LogP contribution < -0.4 is 15.1 Å². The molecule has 1 heterocycles. The summed E-state index contributed by atoms with van der Waals surface area (Å²) in [5.74, 6) is 0.477. The van der Waals surface area contributed by atoms with E-state index in [0.717, 1.165) is 5.56 Å². The molecule has 0 aliphatic carbocycles. The van der Waals surface area contributed by atoms with Crippen molar-refractivity contribution in [1.29, 1.82) is 0 Å². The van der Waals surface area contributed by atoms with Gasteiger partial charge in [0, 0.05) is 24.5 Å². The second-order valence-corrected chi connectivity index (χ2v) is 5.68. The maximum atomic E-state index is 12.3. The minimum atomic E-state index is -0.208. The molecule has 1 N–H and O–H groups in total. The predicted octanol–water partition coefficient (Wildman–Crippen LogP) is 3.84. The molecule has 0 aliphatic rings. The normalized spacial score (nSPS) is 10.1. The highest BCUT2D eigenvalue weighted by Crippen LogP contribution is 2.27. The molecule has 1 aromatic heterocycles. The van der Waals surface area contributed by atoms with E-state index < -0.39 is 0 Å². The number of hydrogen-bond acceptors (Lipinski definition) is 5. The van der Waals surface area contributed by atoms with Crippen LogP contribution in [0, 0.1) is 4.91 Å². The number of benzene rings is 2. The number of hydrogen-bond donors (Lipinski definition) is 1. The quantitative estimate of drug-likeness (QED) is 0.510. The molecule has 2 aromatic carbocycles. The number of nitroso groups, excluding NO2 is 1. The topological polar surface area (TPSA) is 83.9 Å². The number of methoxy groups -OCH3 is 1. The molecular formula is C20H18N4O3. The molecule has 3 aromatic rings. The van der Waals surface area contributed by atoms with Crippen molar-refractivity contribution < 1.29 is 9.53 Å². The van der Waals surface area contributed by atoms with E-state index in [1.165, 1.54) is 5.01 Å². The van der Waals surface area contributed by atoms with Crippen molar-refractivity contribution in [1.82, 2.24) is 10.3 Å². The number of amides is 1. The number of nitrogens with one attached hydrogen (secondary N) is 1. The van der Waals surface area contributed by atoms with Crippen molar-refractivity contribution >= 4 is 17.3 Å². The van der Waals surface area contributed by atoms with Crippen LogP contribution in [0.5, 0.6) is 5.75 Å². The molecule has 0 spiro atoms. The fraction of sp³-hybridized carbons (Fsp3) is 0.100. The molecule has 0 atom stereocenters. The van der Waals surface area contributed by atoms with Gasteiger partial charge in [0.05, 0.1) is 23.8 Å². The van der Waals surface area contributed by atoms with Gasteiger partial charge in [-0.3, -0.25) is 9.78 Å². The van der Waals surface area contributed by atoms with E-state index in [9.17, 15) is 9.70 Å². The molecule has 0 saturated heterocycles. The van der Waals surface area contributed by atoms with Gasteiger partial charge in [-0.15, -0.1) is 4.91 Å². The van der Waals surface area contributed by atoms with Crippen LogP contribution >= 0.6 is 0 Å². The van der Waals surface area contributed by atoms with Crippen LogP contribution in [0.25, 0.3) is 0 Å². The first-order chi connectivity index (χ1) is 13.2. The summed E-state index contributed by atoms with van der Waals surface area (Å²) in [4.78, 5) is 27.6. The average molecular weight is 362 g/mol. The molecule has 0 bridgehead atoms. The molecule has 136 valence electrons. The molecule has 0 unspecified atom stereocenters. The molecule has 0 saturated carbocycles. The van der Waals surface area contributed by atoms with Crippen molar-refractivity contribution in [2.75, 3.05) is 12.1 Å². The van der Waals surface area contributed by atoms with Crippen LogP contribution in [0.15, 0.2) is 78.3 Å². The zero-order valence-electron chi connectivity index (χ0n) is 14.7. The number of anilines is 2. The Kier molecular flexibility index (Phi) is 5.73. The highest BCUT2D eigenvalue weighted by molar-refractivity contribution is 5.94. The lowest BCUT2D eigenvalue weighted by molar-refractivity contribution is 0.0951. The third-order valence-corrected chi connectivity index (χ3v) is 3.95. The Morgan fingerprint density at radius 2 is 1.74 bits per heavy atom. The molecule has 3 rings (SSSR count). The van der Waals surface area contributed by atoms with Crippen molar-refractivity contribution in [2.45, 2.75) is 6.54 Å². The minimum absolute atomic E-state index is 0.208. The Labute approximate surface area is 156 Å². The third-order valence-electron chi connectivity index (χ3n) is 3.95. The van der Waals surface area contributed by atoms with E-state index >= 15 is 0 Å². The van der Waals surface area contributed by atoms with Gasteiger partial charge in [0.15, 0.2) is 0 Å². The zero-order valence-corrected chi connectivity index (χ0v) is 14.7. The van der Waals surface area contributed by atoms with E-state index in [-0.39, 0.29) is 5.91 Å². The van der Waals surface area contributed by atoms with E-state index in [4.69, 9.17) is 4.74 Å². The largest absolute Gasteiger partial charge is 0.497 e. The van der Waals surface area contributed by atoms with Crippen LogP contribution in [-0.4, -0.2) is 18.0 Å². The summed E-state index contributed by atoms with van der Waals surface area (Å²) in [7, 11) is 1.57. The lowest BCUT2D eigenvalue weighted by atomic mass is 10.1. The molecular weight excluding hydrogens is 344 g/mol. The highest BCUT2D eigenvalue weighted by atomic mass is 16.5. The number of nitrogens with zero attached hydrogens (tertiary/aromatic N) is 3. The number of rotatable bonds is 7. The zero-order chi connectivity index (χ0) is 19.1. The van der Waals surface area contributed by atoms with Gasteiger partial charge in [0.1, 0.15) is 5.75 Å². The number of carbonyl (C=O) groups is 1. The summed E-state index contributed by atoms with van der Waals surface area (Å²) in [5, 5.41) is 7.15. The van der Waals surface area contributed by atoms with Crippen LogP contribution in [0.3, 0.4) is 0 Å². The van der Waals surface area contributed by atoms with E-state index in [0.29, 0.717) is 29.2 Å². The Morgan fingerprint density at radius 1 is 1.07 bits per heavy atom. The van der Waals surface area contributed by atoms with Crippen LogP contribution in [-0.2, 0) is 6.54 Å². The first-order valence-corrected chi connectivity index (χ1v) is 8.26. The van der Waals surface area contributed by atoms with Gasteiger partial charge in [-0.25, -0.2) is 0 Å². The van der Waals surface area contributed by atoms with Gasteiger partial charge < -0.3 is 10.1 Å². The summed E-state index contributed by atoms with van der Waals surface area (Å²) < 4.78 is 5.11. The Hall–Kier alpha value is -3.74. The van der Waals surface area contributed by atoms with Crippen molar-refractivity contribution in [3.63, 3.8) is 0 Å². The predicted molar refractivity (Wildman–Crippen MR) is 103 cm³/mol. The first kappa shape index (κ1) is 18.1. The van der Waals surface area contributed by atoms with E-state index in [2.05, 4.69) is 15.6 Å². The molecule has 1 amide bonds. The summed E-state index contributed by atoms with van der Waals surface area (Å²) in [6.07, 6.45) is 3.38. The van der Waals surface area contributed by atoms with Crippen LogP contribution in [0.2, 0.25) is 0 Å². The lowest BCUT2D eigenvalue weighted by Gasteiger charge is -2.16. The third kappa shape index (κ3) is 4.46. The van der Waals surface area contributed by atoms with Crippen molar-refractivity contribution in [3.05, 3.63) is 89.1 Å². The van der Waals surface area contributed by atoms with Crippen molar-refractivity contribution in [3.8, 4) is 5.75 Å². The second kappa shape index (κ2) is 8.57. The second-order valence-electron chi connectivity index (χ2n) is 5.68. The molecule has 7 nitrogen and oxygen atoms in total. The number of carbonyl (C=O) groups excluding carboxylic acids is 1.